The van der Waals surface area contributed by atoms with Crippen LogP contribution in [0.25, 0.3) is 0 Å². The Bertz CT molecular complexity index is 818. The number of rotatable bonds is 5. The summed E-state index contributed by atoms with van der Waals surface area (Å²) in [4.78, 5) is 29.9. The van der Waals surface area contributed by atoms with Crippen molar-refractivity contribution < 1.29 is 14.3 Å². The maximum atomic E-state index is 13.3. The molecule has 3 aliphatic rings. The molecule has 144 valence electrons. The number of fused-ring (bicyclic) bond motifs is 1. The summed E-state index contributed by atoms with van der Waals surface area (Å²) in [6.45, 7) is 8.01. The van der Waals surface area contributed by atoms with E-state index in [0.717, 1.165) is 12.0 Å². The number of hydrogen-bond donors (Lipinski definition) is 0. The predicted molar refractivity (Wildman–Crippen MR) is 103 cm³/mol. The van der Waals surface area contributed by atoms with E-state index in [-0.39, 0.29) is 17.9 Å². The van der Waals surface area contributed by atoms with Crippen LogP contribution in [0.3, 0.4) is 0 Å². The molecule has 3 aliphatic heterocycles. The fourth-order valence-electron chi connectivity index (χ4n) is 4.82. The van der Waals surface area contributed by atoms with Gasteiger partial charge < -0.3 is 14.5 Å². The molecule has 0 N–H and O–H groups in total. The highest BCUT2D eigenvalue weighted by Crippen LogP contribution is 2.52. The maximum Gasteiger partial charge on any atom is 0.230 e. The van der Waals surface area contributed by atoms with E-state index in [9.17, 15) is 9.59 Å². The largest absolute Gasteiger partial charge is 0.360 e. The van der Waals surface area contributed by atoms with Gasteiger partial charge in [-0.3, -0.25) is 9.59 Å². The average Bonchev–Trinajstić information content (AvgIpc) is 3.26. The van der Waals surface area contributed by atoms with Crippen LogP contribution in [0.2, 0.25) is 0 Å². The second kappa shape index (κ2) is 6.48. The number of amides is 2. The molecule has 2 saturated heterocycles. The zero-order chi connectivity index (χ0) is 19.3. The molecule has 4 atom stereocenters. The smallest absolute Gasteiger partial charge is 0.230 e. The summed E-state index contributed by atoms with van der Waals surface area (Å²) in [5.74, 6) is -0.725. The van der Waals surface area contributed by atoms with Gasteiger partial charge in [-0.15, -0.1) is 0 Å². The standard InChI is InChI=1S/C22H28N2O3/c1-5-10-23(4)20(25)18-17-8-9-22(27-17)13-24(21(26)19(18)22)12-16-7-6-14(2)15(3)11-16/h6-9,11,17-19H,5,10,12-13H2,1-4H3/t17-,18-,19+,22-/m0/s1. The lowest BCUT2D eigenvalue weighted by molar-refractivity contribution is -0.142. The fraction of sp³-hybridized carbons (Fsp3) is 0.545. The summed E-state index contributed by atoms with van der Waals surface area (Å²) < 4.78 is 6.21. The number of ether oxygens (including phenoxy) is 1. The van der Waals surface area contributed by atoms with Crippen molar-refractivity contribution in [2.24, 2.45) is 11.8 Å². The first kappa shape index (κ1) is 18.2. The molecule has 2 bridgehead atoms. The van der Waals surface area contributed by atoms with Gasteiger partial charge in [0.2, 0.25) is 11.8 Å². The lowest BCUT2D eigenvalue weighted by atomic mass is 9.76. The molecule has 0 aliphatic carbocycles. The normalized spacial score (nSPS) is 30.9. The predicted octanol–water partition coefficient (Wildman–Crippen LogP) is 2.45. The summed E-state index contributed by atoms with van der Waals surface area (Å²) in [5, 5.41) is 0. The highest BCUT2D eigenvalue weighted by atomic mass is 16.5. The lowest BCUT2D eigenvalue weighted by Gasteiger charge is -2.27. The van der Waals surface area contributed by atoms with Gasteiger partial charge in [-0.25, -0.2) is 0 Å². The Hall–Kier alpha value is -2.14. The van der Waals surface area contributed by atoms with Crippen LogP contribution < -0.4 is 0 Å². The molecule has 0 aromatic heterocycles. The second-order valence-electron chi connectivity index (χ2n) is 8.27. The van der Waals surface area contributed by atoms with Crippen LogP contribution >= 0.6 is 0 Å². The summed E-state index contributed by atoms with van der Waals surface area (Å²) in [5.41, 5.74) is 2.96. The number of benzene rings is 1. The number of carbonyl (C=O) groups is 2. The van der Waals surface area contributed by atoms with Crippen LogP contribution in [0.15, 0.2) is 30.4 Å². The molecular weight excluding hydrogens is 340 g/mol. The number of aryl methyl sites for hydroxylation is 2. The Morgan fingerprint density at radius 1 is 1.33 bits per heavy atom. The van der Waals surface area contributed by atoms with Crippen LogP contribution in [0.1, 0.15) is 30.0 Å². The molecule has 0 unspecified atom stereocenters. The zero-order valence-corrected chi connectivity index (χ0v) is 16.6. The van der Waals surface area contributed by atoms with E-state index in [1.54, 1.807) is 4.90 Å². The minimum atomic E-state index is -0.630. The van der Waals surface area contributed by atoms with Crippen molar-refractivity contribution in [1.29, 1.82) is 0 Å². The SMILES string of the molecule is CCCN(C)C(=O)[C@H]1[C@@H]2C=C[C@@]3(CN(Cc4ccc(C)c(C)c4)C(=O)[C@@H]13)O2. The molecule has 5 heteroatoms. The van der Waals surface area contributed by atoms with Gasteiger partial charge in [0.25, 0.3) is 0 Å². The van der Waals surface area contributed by atoms with E-state index in [1.807, 2.05) is 24.1 Å². The molecule has 1 aromatic carbocycles. The first-order valence-electron chi connectivity index (χ1n) is 9.83. The Labute approximate surface area is 161 Å². The van der Waals surface area contributed by atoms with Gasteiger partial charge >= 0.3 is 0 Å². The quantitative estimate of drug-likeness (QED) is 0.750. The van der Waals surface area contributed by atoms with Gasteiger partial charge in [-0.1, -0.05) is 37.3 Å². The second-order valence-corrected chi connectivity index (χ2v) is 8.27. The van der Waals surface area contributed by atoms with E-state index in [2.05, 4.69) is 39.0 Å². The van der Waals surface area contributed by atoms with Crippen molar-refractivity contribution in [2.75, 3.05) is 20.1 Å². The fourth-order valence-corrected chi connectivity index (χ4v) is 4.82. The average molecular weight is 368 g/mol. The Morgan fingerprint density at radius 3 is 2.81 bits per heavy atom. The van der Waals surface area contributed by atoms with Gasteiger partial charge in [0.1, 0.15) is 5.60 Å². The van der Waals surface area contributed by atoms with E-state index in [0.29, 0.717) is 19.6 Å². The van der Waals surface area contributed by atoms with Crippen LogP contribution in [0.4, 0.5) is 0 Å². The van der Waals surface area contributed by atoms with Gasteiger partial charge in [-0.05, 0) is 37.0 Å². The van der Waals surface area contributed by atoms with E-state index >= 15 is 0 Å². The summed E-state index contributed by atoms with van der Waals surface area (Å²) in [6, 6.07) is 6.31. The van der Waals surface area contributed by atoms with Crippen molar-refractivity contribution in [3.05, 3.63) is 47.0 Å². The van der Waals surface area contributed by atoms with Crippen molar-refractivity contribution in [3.63, 3.8) is 0 Å². The van der Waals surface area contributed by atoms with Crippen molar-refractivity contribution in [3.8, 4) is 0 Å². The minimum Gasteiger partial charge on any atom is -0.360 e. The number of nitrogens with zero attached hydrogens (tertiary/aromatic N) is 2. The molecule has 3 heterocycles. The molecule has 5 nitrogen and oxygen atoms in total. The van der Waals surface area contributed by atoms with Crippen LogP contribution in [0.5, 0.6) is 0 Å². The van der Waals surface area contributed by atoms with Crippen molar-refractivity contribution >= 4 is 11.8 Å². The molecule has 0 radical (unpaired) electrons. The van der Waals surface area contributed by atoms with Crippen molar-refractivity contribution in [1.82, 2.24) is 9.80 Å². The first-order chi connectivity index (χ1) is 12.9. The number of carbonyl (C=O) groups excluding carboxylic acids is 2. The monoisotopic (exact) mass is 368 g/mol. The minimum absolute atomic E-state index is 0.0273. The Morgan fingerprint density at radius 2 is 2.11 bits per heavy atom. The topological polar surface area (TPSA) is 49.9 Å². The summed E-state index contributed by atoms with van der Waals surface area (Å²) in [6.07, 6.45) is 4.63. The number of hydrogen-bond acceptors (Lipinski definition) is 3. The van der Waals surface area contributed by atoms with Crippen LogP contribution in [-0.2, 0) is 20.9 Å². The lowest BCUT2D eigenvalue weighted by Crippen LogP contribution is -2.44. The van der Waals surface area contributed by atoms with Gasteiger partial charge in [0.15, 0.2) is 0 Å². The third-order valence-electron chi connectivity index (χ3n) is 6.34. The molecule has 2 amide bonds. The van der Waals surface area contributed by atoms with Gasteiger partial charge in [0.05, 0.1) is 24.5 Å². The molecule has 27 heavy (non-hydrogen) atoms. The third-order valence-corrected chi connectivity index (χ3v) is 6.34. The Balaban J connectivity index is 1.57. The highest BCUT2D eigenvalue weighted by Gasteiger charge is 2.66. The molecule has 4 rings (SSSR count). The van der Waals surface area contributed by atoms with Crippen LogP contribution in [-0.4, -0.2) is 53.5 Å². The van der Waals surface area contributed by atoms with E-state index < -0.39 is 17.4 Å². The third kappa shape index (κ3) is 2.80. The molecule has 2 fully saturated rings. The van der Waals surface area contributed by atoms with Crippen molar-refractivity contribution in [2.45, 2.75) is 45.4 Å². The molecule has 1 spiro atoms. The summed E-state index contributed by atoms with van der Waals surface area (Å²) in [7, 11) is 1.82. The molecular formula is C22H28N2O3. The van der Waals surface area contributed by atoms with E-state index in [4.69, 9.17) is 4.74 Å². The summed E-state index contributed by atoms with van der Waals surface area (Å²) >= 11 is 0. The maximum absolute atomic E-state index is 13.3. The van der Waals surface area contributed by atoms with E-state index in [1.165, 1.54) is 11.1 Å². The molecule has 1 aromatic rings. The highest BCUT2D eigenvalue weighted by molar-refractivity contribution is 5.93. The Kier molecular flexibility index (Phi) is 4.38. The molecule has 0 saturated carbocycles. The number of likely N-dealkylation sites (tertiary alicyclic amines) is 1. The first-order valence-corrected chi connectivity index (χ1v) is 9.83. The van der Waals surface area contributed by atoms with Crippen LogP contribution in [0, 0.1) is 25.7 Å². The van der Waals surface area contributed by atoms with Gasteiger partial charge in [-0.2, -0.15) is 0 Å². The van der Waals surface area contributed by atoms with Gasteiger partial charge in [0, 0.05) is 20.1 Å². The zero-order valence-electron chi connectivity index (χ0n) is 16.6.